The molecule has 0 unspecified atom stereocenters. The van der Waals surface area contributed by atoms with Gasteiger partial charge in [0.2, 0.25) is 0 Å². The van der Waals surface area contributed by atoms with Gasteiger partial charge in [0.15, 0.2) is 0 Å². The standard InChI is InChI=1S/C39H38N4O15Si/c1-39(2,3)59(31-10-6-4-7-11-31,32-12-8-5-9-13-32)57-24-35-33(14-16-55-36(44)25-18-27(40(47)48)22-28(19-25)41(49)50)34(38(46)58-35)15-17-56-37(45)26-20-29(42(51)52)23-30(21-26)43(53)54/h4-13,18-23,33-35H,14-17,24H2,1-3H3/t33-,34+,35+/m0/s1. The third-order valence-corrected chi connectivity index (χ3v) is 14.9. The summed E-state index contributed by atoms with van der Waals surface area (Å²) in [6.45, 7) is 5.26. The number of non-ortho nitro benzene ring substituents is 4. The van der Waals surface area contributed by atoms with E-state index in [0.29, 0.717) is 12.1 Å². The van der Waals surface area contributed by atoms with Gasteiger partial charge in [-0.25, -0.2) is 9.59 Å². The molecular weight excluding hydrogens is 793 g/mol. The van der Waals surface area contributed by atoms with Gasteiger partial charge >= 0.3 is 17.9 Å². The zero-order valence-electron chi connectivity index (χ0n) is 31.9. The second-order valence-corrected chi connectivity index (χ2v) is 18.9. The first kappa shape index (κ1) is 43.2. The number of ether oxygens (including phenoxy) is 3. The van der Waals surface area contributed by atoms with Crippen LogP contribution in [0.5, 0.6) is 0 Å². The van der Waals surface area contributed by atoms with Crippen molar-refractivity contribution in [1.82, 2.24) is 0 Å². The van der Waals surface area contributed by atoms with Crippen LogP contribution in [-0.2, 0) is 23.4 Å². The zero-order valence-corrected chi connectivity index (χ0v) is 32.9. The van der Waals surface area contributed by atoms with Crippen molar-refractivity contribution in [3.05, 3.63) is 149 Å². The highest BCUT2D eigenvalue weighted by atomic mass is 28.4. The number of hydrogen-bond donors (Lipinski definition) is 0. The fraction of sp³-hybridized carbons (Fsp3) is 0.308. The van der Waals surface area contributed by atoms with E-state index in [9.17, 15) is 54.8 Å². The maximum atomic E-state index is 13.6. The molecule has 0 radical (unpaired) electrons. The molecule has 3 atom stereocenters. The lowest BCUT2D eigenvalue weighted by Crippen LogP contribution is -2.67. The molecule has 59 heavy (non-hydrogen) atoms. The van der Waals surface area contributed by atoms with Crippen molar-refractivity contribution in [3.63, 3.8) is 0 Å². The summed E-state index contributed by atoms with van der Waals surface area (Å²) in [5.41, 5.74) is -3.71. The number of nitro benzene ring substituents is 4. The number of hydrogen-bond acceptors (Lipinski definition) is 15. The molecule has 0 spiro atoms. The topological polar surface area (TPSA) is 261 Å². The lowest BCUT2D eigenvalue weighted by molar-refractivity contribution is -0.394. The lowest BCUT2D eigenvalue weighted by atomic mass is 9.86. The van der Waals surface area contributed by atoms with Crippen molar-refractivity contribution in [1.29, 1.82) is 0 Å². The summed E-state index contributed by atoms with van der Waals surface area (Å²) in [5, 5.41) is 46.9. The monoisotopic (exact) mass is 830 g/mol. The van der Waals surface area contributed by atoms with Crippen molar-refractivity contribution in [3.8, 4) is 0 Å². The third-order valence-electron chi connectivity index (χ3n) is 9.91. The molecule has 1 aliphatic rings. The first-order valence-electron chi connectivity index (χ1n) is 18.1. The number of esters is 3. The van der Waals surface area contributed by atoms with E-state index in [2.05, 4.69) is 20.8 Å². The van der Waals surface area contributed by atoms with E-state index in [4.69, 9.17) is 18.6 Å². The number of benzene rings is 4. The Bertz CT molecular complexity index is 2160. The molecule has 19 nitrogen and oxygen atoms in total. The van der Waals surface area contributed by atoms with Gasteiger partial charge in [0.05, 0.1) is 68.7 Å². The van der Waals surface area contributed by atoms with Crippen LogP contribution in [0.3, 0.4) is 0 Å². The summed E-state index contributed by atoms with van der Waals surface area (Å²) in [6, 6.07) is 24.0. The summed E-state index contributed by atoms with van der Waals surface area (Å²) in [6.07, 6.45) is -1.12. The summed E-state index contributed by atoms with van der Waals surface area (Å²) >= 11 is 0. The highest BCUT2D eigenvalue weighted by Crippen LogP contribution is 2.40. The van der Waals surface area contributed by atoms with Crippen LogP contribution in [0.1, 0.15) is 54.3 Å². The molecule has 5 rings (SSSR count). The Balaban J connectivity index is 1.41. The SMILES string of the molecule is CC(C)(C)[Si](OC[C@H]1OC(=O)[C@H](CCOC(=O)c2cc([N+](=O)[O-])cc([N+](=O)[O-])c2)[C@@H]1CCOC(=O)c1cc([N+](=O)[O-])cc([N+](=O)[O-])c1)(c1ccccc1)c1ccccc1. The van der Waals surface area contributed by atoms with Crippen LogP contribution in [0.15, 0.2) is 97.1 Å². The third kappa shape index (κ3) is 9.79. The lowest BCUT2D eigenvalue weighted by Gasteiger charge is -2.43. The molecule has 4 aromatic carbocycles. The van der Waals surface area contributed by atoms with E-state index < -0.39 is 109 Å². The van der Waals surface area contributed by atoms with Gasteiger partial charge in [-0.3, -0.25) is 45.3 Å². The van der Waals surface area contributed by atoms with Gasteiger partial charge in [-0.05, 0) is 28.3 Å². The average molecular weight is 831 g/mol. The fourth-order valence-electron chi connectivity index (χ4n) is 7.18. The van der Waals surface area contributed by atoms with Gasteiger partial charge in [0, 0.05) is 30.2 Å². The smallest absolute Gasteiger partial charge is 0.338 e. The maximum absolute atomic E-state index is 13.6. The quantitative estimate of drug-likeness (QED) is 0.0397. The Hall–Kier alpha value is -6.93. The Morgan fingerprint density at radius 3 is 1.41 bits per heavy atom. The summed E-state index contributed by atoms with van der Waals surface area (Å²) in [4.78, 5) is 81.5. The second kappa shape index (κ2) is 18.1. The largest absolute Gasteiger partial charge is 0.462 e. The normalized spacial score (nSPS) is 16.5. The Labute approximate surface area is 336 Å². The molecular formula is C39H38N4O15Si. The molecule has 1 aliphatic heterocycles. The number of carbonyl (C=O) groups excluding carboxylic acids is 3. The highest BCUT2D eigenvalue weighted by Gasteiger charge is 2.52. The van der Waals surface area contributed by atoms with E-state index in [1.165, 1.54) is 0 Å². The molecule has 0 aliphatic carbocycles. The van der Waals surface area contributed by atoms with Gasteiger partial charge in [0.25, 0.3) is 31.1 Å². The van der Waals surface area contributed by atoms with Crippen LogP contribution in [0.2, 0.25) is 5.04 Å². The van der Waals surface area contributed by atoms with E-state index in [-0.39, 0.29) is 26.1 Å². The van der Waals surface area contributed by atoms with Crippen LogP contribution in [0.4, 0.5) is 22.7 Å². The van der Waals surface area contributed by atoms with Crippen molar-refractivity contribution in [2.45, 2.75) is 44.8 Å². The summed E-state index contributed by atoms with van der Waals surface area (Å²) < 4.78 is 23.7. The summed E-state index contributed by atoms with van der Waals surface area (Å²) in [5.74, 6) is -4.63. The first-order valence-corrected chi connectivity index (χ1v) is 20.0. The second-order valence-electron chi connectivity index (χ2n) is 14.6. The predicted molar refractivity (Wildman–Crippen MR) is 210 cm³/mol. The van der Waals surface area contributed by atoms with Gasteiger partial charge in [-0.15, -0.1) is 0 Å². The molecule has 308 valence electrons. The average Bonchev–Trinajstić information content (AvgIpc) is 3.50. The number of nitro groups is 4. The van der Waals surface area contributed by atoms with Gasteiger partial charge < -0.3 is 18.6 Å². The molecule has 20 heteroatoms. The van der Waals surface area contributed by atoms with Crippen molar-refractivity contribution >= 4 is 59.3 Å². The van der Waals surface area contributed by atoms with Crippen LogP contribution in [0.25, 0.3) is 0 Å². The molecule has 0 amide bonds. The molecule has 1 heterocycles. The zero-order chi connectivity index (χ0) is 43.1. The number of cyclic esters (lactones) is 1. The van der Waals surface area contributed by atoms with E-state index in [1.807, 2.05) is 60.7 Å². The Morgan fingerprint density at radius 1 is 0.644 bits per heavy atom. The first-order chi connectivity index (χ1) is 27.9. The number of rotatable bonds is 17. The van der Waals surface area contributed by atoms with Gasteiger partial charge in [0.1, 0.15) is 6.10 Å². The summed E-state index contributed by atoms with van der Waals surface area (Å²) in [7, 11) is -3.17. The van der Waals surface area contributed by atoms with Gasteiger partial charge in [-0.1, -0.05) is 81.4 Å². The molecule has 0 bridgehead atoms. The molecule has 1 fully saturated rings. The van der Waals surface area contributed by atoms with Crippen molar-refractivity contribution in [2.75, 3.05) is 19.8 Å². The number of carbonyl (C=O) groups is 3. The van der Waals surface area contributed by atoms with Crippen LogP contribution < -0.4 is 10.4 Å². The molecule has 0 aromatic heterocycles. The molecule has 4 aromatic rings. The van der Waals surface area contributed by atoms with E-state index in [1.54, 1.807) is 0 Å². The maximum Gasteiger partial charge on any atom is 0.338 e. The molecule has 1 saturated heterocycles. The Kier molecular flexibility index (Phi) is 13.3. The molecule has 0 N–H and O–H groups in total. The fourth-order valence-corrected chi connectivity index (χ4v) is 11.8. The minimum Gasteiger partial charge on any atom is -0.462 e. The number of nitrogens with zero attached hydrogens (tertiary/aromatic N) is 4. The highest BCUT2D eigenvalue weighted by molar-refractivity contribution is 6.99. The van der Waals surface area contributed by atoms with E-state index in [0.717, 1.165) is 34.6 Å². The van der Waals surface area contributed by atoms with Crippen molar-refractivity contribution in [2.24, 2.45) is 11.8 Å². The van der Waals surface area contributed by atoms with E-state index >= 15 is 0 Å². The minimum absolute atomic E-state index is 0.0427. The Morgan fingerprint density at radius 2 is 1.03 bits per heavy atom. The predicted octanol–water partition coefficient (Wildman–Crippen LogP) is 5.85. The molecule has 0 saturated carbocycles. The van der Waals surface area contributed by atoms with Crippen LogP contribution in [-0.4, -0.2) is 71.8 Å². The van der Waals surface area contributed by atoms with Crippen LogP contribution >= 0.6 is 0 Å². The van der Waals surface area contributed by atoms with Gasteiger partial charge in [-0.2, -0.15) is 0 Å². The van der Waals surface area contributed by atoms with Crippen molar-refractivity contribution < 1.29 is 52.7 Å². The minimum atomic E-state index is -3.17. The van der Waals surface area contributed by atoms with Crippen LogP contribution in [0, 0.1) is 52.3 Å².